The number of benzene rings is 2. The van der Waals surface area contributed by atoms with Gasteiger partial charge in [0.25, 0.3) is 0 Å². The fraction of sp³-hybridized carbons (Fsp3) is 0.0714. The van der Waals surface area contributed by atoms with Gasteiger partial charge < -0.3 is 4.74 Å². The maximum Gasteiger partial charge on any atom is 0.166 e. The van der Waals surface area contributed by atoms with Crippen LogP contribution in [0.2, 0.25) is 0 Å². The van der Waals surface area contributed by atoms with Gasteiger partial charge in [0.15, 0.2) is 11.6 Å². The lowest BCUT2D eigenvalue weighted by molar-refractivity contribution is 0.441. The molecule has 0 fully saturated rings. The molecular weight excluding hydrogens is 297 g/mol. The van der Waals surface area contributed by atoms with Crippen molar-refractivity contribution in [3.05, 3.63) is 59.4 Å². The summed E-state index contributed by atoms with van der Waals surface area (Å²) in [7, 11) is 0. The van der Waals surface area contributed by atoms with Gasteiger partial charge in [0.2, 0.25) is 0 Å². The molecule has 0 aliphatic rings. The Bertz CT molecular complexity index is 607. The molecule has 0 aliphatic carbocycles. The van der Waals surface area contributed by atoms with Gasteiger partial charge >= 0.3 is 0 Å². The van der Waals surface area contributed by atoms with E-state index in [1.807, 2.05) is 6.07 Å². The number of nitrogens with zero attached hydrogens (tertiary/aromatic N) is 1. The highest BCUT2D eigenvalue weighted by molar-refractivity contribution is 9.08. The third kappa shape index (κ3) is 2.69. The highest BCUT2D eigenvalue weighted by atomic mass is 79.9. The zero-order chi connectivity index (χ0) is 13.0. The molecule has 0 aromatic heterocycles. The van der Waals surface area contributed by atoms with Gasteiger partial charge in [-0.15, -0.1) is 0 Å². The summed E-state index contributed by atoms with van der Waals surface area (Å²) in [5.41, 5.74) is 1.20. The van der Waals surface area contributed by atoms with Crippen LogP contribution < -0.4 is 4.74 Å². The Kier molecular flexibility index (Phi) is 3.96. The van der Waals surface area contributed by atoms with Crippen LogP contribution in [-0.2, 0) is 5.33 Å². The molecule has 0 N–H and O–H groups in total. The first-order valence-electron chi connectivity index (χ1n) is 5.26. The lowest BCUT2D eigenvalue weighted by atomic mass is 10.2. The molecule has 0 bridgehead atoms. The number of ether oxygens (including phenoxy) is 1. The lowest BCUT2D eigenvalue weighted by Gasteiger charge is -2.08. The number of nitriles is 1. The fourth-order valence-corrected chi connectivity index (χ4v) is 1.83. The van der Waals surface area contributed by atoms with Gasteiger partial charge in [-0.3, -0.25) is 0 Å². The molecule has 2 rings (SSSR count). The minimum absolute atomic E-state index is 0.113. The molecule has 0 amide bonds. The standard InChI is InChI=1S/C14H9BrFNO/c15-8-10-5-6-14(12(16)7-10)18-13-4-2-1-3-11(13)9-17/h1-7H,8H2. The van der Waals surface area contributed by atoms with Crippen molar-refractivity contribution >= 4 is 15.9 Å². The molecule has 4 heteroatoms. The maximum absolute atomic E-state index is 13.7. The third-order valence-electron chi connectivity index (χ3n) is 2.38. The van der Waals surface area contributed by atoms with Crippen molar-refractivity contribution in [1.29, 1.82) is 5.26 Å². The van der Waals surface area contributed by atoms with E-state index in [9.17, 15) is 4.39 Å². The Morgan fingerprint density at radius 1 is 1.17 bits per heavy atom. The average molecular weight is 306 g/mol. The summed E-state index contributed by atoms with van der Waals surface area (Å²) in [6.45, 7) is 0. The summed E-state index contributed by atoms with van der Waals surface area (Å²) >= 11 is 3.26. The van der Waals surface area contributed by atoms with Crippen molar-refractivity contribution in [3.63, 3.8) is 0 Å². The van der Waals surface area contributed by atoms with Crippen LogP contribution in [-0.4, -0.2) is 0 Å². The molecule has 0 aliphatic heterocycles. The Morgan fingerprint density at radius 2 is 1.94 bits per heavy atom. The van der Waals surface area contributed by atoms with Crippen molar-refractivity contribution in [2.24, 2.45) is 0 Å². The Labute approximate surface area is 113 Å². The Hall–Kier alpha value is -1.86. The molecule has 0 saturated heterocycles. The summed E-state index contributed by atoms with van der Waals surface area (Å²) in [5, 5.41) is 9.50. The largest absolute Gasteiger partial charge is 0.453 e. The van der Waals surface area contributed by atoms with E-state index >= 15 is 0 Å². The predicted octanol–water partition coefficient (Wildman–Crippen LogP) is 4.38. The first-order valence-corrected chi connectivity index (χ1v) is 6.38. The summed E-state index contributed by atoms with van der Waals surface area (Å²) in [4.78, 5) is 0. The van der Waals surface area contributed by atoms with Gasteiger partial charge in [0.1, 0.15) is 11.8 Å². The molecule has 2 aromatic carbocycles. The van der Waals surface area contributed by atoms with E-state index in [0.717, 1.165) is 5.56 Å². The second-order valence-corrected chi connectivity index (χ2v) is 4.17. The van der Waals surface area contributed by atoms with E-state index in [-0.39, 0.29) is 5.75 Å². The van der Waals surface area contributed by atoms with Crippen molar-refractivity contribution in [3.8, 4) is 17.6 Å². The Morgan fingerprint density at radius 3 is 2.61 bits per heavy atom. The molecule has 90 valence electrons. The molecule has 0 saturated carbocycles. The van der Waals surface area contributed by atoms with Crippen LogP contribution in [0.4, 0.5) is 4.39 Å². The monoisotopic (exact) mass is 305 g/mol. The van der Waals surface area contributed by atoms with Gasteiger partial charge in [0.05, 0.1) is 5.56 Å². The lowest BCUT2D eigenvalue weighted by Crippen LogP contribution is -1.92. The van der Waals surface area contributed by atoms with Gasteiger partial charge in [-0.2, -0.15) is 5.26 Å². The van der Waals surface area contributed by atoms with Crippen LogP contribution in [0.5, 0.6) is 11.5 Å². The summed E-state index contributed by atoms with van der Waals surface area (Å²) in [6, 6.07) is 13.5. The van der Waals surface area contributed by atoms with Gasteiger partial charge in [0, 0.05) is 5.33 Å². The van der Waals surface area contributed by atoms with Crippen LogP contribution in [0.25, 0.3) is 0 Å². The molecule has 2 aromatic rings. The second-order valence-electron chi connectivity index (χ2n) is 3.61. The van der Waals surface area contributed by atoms with Crippen molar-refractivity contribution in [2.75, 3.05) is 0 Å². The zero-order valence-electron chi connectivity index (χ0n) is 9.36. The maximum atomic E-state index is 13.7. The van der Waals surface area contributed by atoms with E-state index in [2.05, 4.69) is 15.9 Å². The summed E-state index contributed by atoms with van der Waals surface area (Å²) in [6.07, 6.45) is 0. The predicted molar refractivity (Wildman–Crippen MR) is 70.3 cm³/mol. The SMILES string of the molecule is N#Cc1ccccc1Oc1ccc(CBr)cc1F. The molecule has 18 heavy (non-hydrogen) atoms. The smallest absolute Gasteiger partial charge is 0.166 e. The molecule has 2 nitrogen and oxygen atoms in total. The number of para-hydroxylation sites is 1. The molecule has 0 unspecified atom stereocenters. The van der Waals surface area contributed by atoms with E-state index in [4.69, 9.17) is 10.00 Å². The van der Waals surface area contributed by atoms with Crippen LogP contribution in [0.1, 0.15) is 11.1 Å². The highest BCUT2D eigenvalue weighted by Gasteiger charge is 2.08. The molecule has 0 heterocycles. The fourth-order valence-electron chi connectivity index (χ4n) is 1.48. The van der Waals surface area contributed by atoms with Crippen molar-refractivity contribution < 1.29 is 9.13 Å². The zero-order valence-corrected chi connectivity index (χ0v) is 10.9. The van der Waals surface area contributed by atoms with E-state index in [1.165, 1.54) is 6.07 Å². The van der Waals surface area contributed by atoms with E-state index in [1.54, 1.807) is 36.4 Å². The van der Waals surface area contributed by atoms with Crippen LogP contribution in [0.3, 0.4) is 0 Å². The normalized spacial score (nSPS) is 9.83. The third-order valence-corrected chi connectivity index (χ3v) is 3.03. The highest BCUT2D eigenvalue weighted by Crippen LogP contribution is 2.27. The number of halogens is 2. The number of hydrogen-bond acceptors (Lipinski definition) is 2. The number of hydrogen-bond donors (Lipinski definition) is 0. The minimum atomic E-state index is -0.445. The molecule has 0 atom stereocenters. The van der Waals surface area contributed by atoms with Crippen molar-refractivity contribution in [2.45, 2.75) is 5.33 Å². The minimum Gasteiger partial charge on any atom is -0.453 e. The molecule has 0 radical (unpaired) electrons. The number of rotatable bonds is 3. The Balaban J connectivity index is 2.32. The van der Waals surface area contributed by atoms with Gasteiger partial charge in [-0.25, -0.2) is 4.39 Å². The topological polar surface area (TPSA) is 33.0 Å². The van der Waals surface area contributed by atoms with E-state index in [0.29, 0.717) is 16.6 Å². The molecule has 0 spiro atoms. The van der Waals surface area contributed by atoms with E-state index < -0.39 is 5.82 Å². The summed E-state index contributed by atoms with van der Waals surface area (Å²) < 4.78 is 19.1. The van der Waals surface area contributed by atoms with Crippen LogP contribution in [0.15, 0.2) is 42.5 Å². The first kappa shape index (κ1) is 12.6. The van der Waals surface area contributed by atoms with Gasteiger partial charge in [-0.1, -0.05) is 34.1 Å². The van der Waals surface area contributed by atoms with Gasteiger partial charge in [-0.05, 0) is 29.8 Å². The quantitative estimate of drug-likeness (QED) is 0.788. The summed E-state index contributed by atoms with van der Waals surface area (Å²) in [5.74, 6) is 0.0209. The second kappa shape index (κ2) is 5.65. The van der Waals surface area contributed by atoms with Crippen molar-refractivity contribution in [1.82, 2.24) is 0 Å². The average Bonchev–Trinajstić information content (AvgIpc) is 2.41. The first-order chi connectivity index (χ1) is 8.74. The number of alkyl halides is 1. The molecular formula is C14H9BrFNO. The van der Waals surface area contributed by atoms with Crippen LogP contribution in [0, 0.1) is 17.1 Å². The van der Waals surface area contributed by atoms with Crippen LogP contribution >= 0.6 is 15.9 Å².